The summed E-state index contributed by atoms with van der Waals surface area (Å²) in [4.78, 5) is 4.60. The Kier molecular flexibility index (Phi) is 6.70. The summed E-state index contributed by atoms with van der Waals surface area (Å²) < 4.78 is 13.2. The Morgan fingerprint density at radius 3 is 1.81 bits per heavy atom. The molecule has 1 aromatic heterocycles. The van der Waals surface area contributed by atoms with Crippen LogP contribution in [0.25, 0.3) is 11.5 Å². The number of aliphatic hydroxyl groups is 1. The zero-order chi connectivity index (χ0) is 22.6. The van der Waals surface area contributed by atoms with E-state index in [9.17, 15) is 5.11 Å². The molecule has 0 saturated heterocycles. The second kappa shape index (κ2) is 9.65. The van der Waals surface area contributed by atoms with Crippen molar-refractivity contribution < 1.29 is 13.9 Å². The molecule has 1 heterocycles. The zero-order valence-corrected chi connectivity index (χ0v) is 19.9. The fourth-order valence-electron chi connectivity index (χ4n) is 3.79. The first-order valence-corrected chi connectivity index (χ1v) is 12.5. The van der Waals surface area contributed by atoms with Gasteiger partial charge in [0.05, 0.1) is 6.61 Å². The molecule has 1 unspecified atom stereocenters. The molecule has 0 aliphatic heterocycles. The highest BCUT2D eigenvalue weighted by atomic mass is 28.3. The van der Waals surface area contributed by atoms with Gasteiger partial charge in [0.2, 0.25) is 14.9 Å². The van der Waals surface area contributed by atoms with Crippen molar-refractivity contribution in [2.75, 3.05) is 0 Å². The van der Waals surface area contributed by atoms with Crippen LogP contribution in [-0.4, -0.2) is 19.1 Å². The summed E-state index contributed by atoms with van der Waals surface area (Å²) in [5.41, 5.74) is 1.13. The Morgan fingerprint density at radius 2 is 1.34 bits per heavy atom. The normalized spacial score (nSPS) is 12.8. The highest BCUT2D eigenvalue weighted by molar-refractivity contribution is 6.80. The maximum Gasteiger partial charge on any atom is 0.240 e. The Bertz CT molecular complexity index is 1080. The average molecular weight is 444 g/mol. The topological polar surface area (TPSA) is 55.5 Å². The number of aromatic nitrogens is 1. The molecule has 0 aliphatic carbocycles. The van der Waals surface area contributed by atoms with E-state index in [-0.39, 0.29) is 18.1 Å². The molecule has 5 heteroatoms. The quantitative estimate of drug-likeness (QED) is 0.428. The molecule has 3 aromatic carbocycles. The average Bonchev–Trinajstić information content (AvgIpc) is 3.24. The lowest BCUT2D eigenvalue weighted by atomic mass is 9.87. The van der Waals surface area contributed by atoms with Crippen molar-refractivity contribution in [3.8, 4) is 11.5 Å². The van der Waals surface area contributed by atoms with Crippen LogP contribution in [0.4, 0.5) is 0 Å². The van der Waals surface area contributed by atoms with E-state index >= 15 is 0 Å². The van der Waals surface area contributed by atoms with Gasteiger partial charge in [-0.05, 0) is 27.9 Å². The van der Waals surface area contributed by atoms with Gasteiger partial charge in [-0.3, -0.25) is 0 Å². The predicted molar refractivity (Wildman–Crippen MR) is 130 cm³/mol. The smallest absolute Gasteiger partial charge is 0.240 e. The van der Waals surface area contributed by atoms with Crippen LogP contribution in [0.3, 0.4) is 0 Å². The van der Waals surface area contributed by atoms with Crippen molar-refractivity contribution >= 4 is 19.4 Å². The van der Waals surface area contributed by atoms with Gasteiger partial charge in [-0.2, -0.15) is 0 Å². The van der Waals surface area contributed by atoms with Gasteiger partial charge in [0.1, 0.15) is 11.8 Å². The van der Waals surface area contributed by atoms with Gasteiger partial charge in [0.25, 0.3) is 0 Å². The van der Waals surface area contributed by atoms with Crippen LogP contribution in [0.2, 0.25) is 0 Å². The third kappa shape index (κ3) is 4.91. The van der Waals surface area contributed by atoms with Crippen LogP contribution < -0.4 is 10.4 Å². The number of hydrogen-bond donors (Lipinski definition) is 1. The third-order valence-electron chi connectivity index (χ3n) is 5.40. The fraction of sp³-hybridized carbons (Fsp3) is 0.222. The maximum absolute atomic E-state index is 10.1. The molecule has 4 nitrogen and oxygen atoms in total. The molecule has 0 saturated carbocycles. The van der Waals surface area contributed by atoms with Crippen molar-refractivity contribution in [2.45, 2.75) is 33.5 Å². The van der Waals surface area contributed by atoms with Gasteiger partial charge >= 0.3 is 0 Å². The number of hydrogen-bond acceptors (Lipinski definition) is 4. The predicted octanol–water partition coefficient (Wildman–Crippen LogP) is 4.48. The summed E-state index contributed by atoms with van der Waals surface area (Å²) in [5.74, 6) is 1.10. The van der Waals surface area contributed by atoms with E-state index in [2.05, 4.69) is 74.3 Å². The first kappa shape index (κ1) is 22.2. The monoisotopic (exact) mass is 443 g/mol. The molecule has 0 bridgehead atoms. The molecule has 164 valence electrons. The summed E-state index contributed by atoms with van der Waals surface area (Å²) in [6.45, 7) is 6.19. The lowest BCUT2D eigenvalue weighted by Gasteiger charge is -2.33. The van der Waals surface area contributed by atoms with Crippen LogP contribution in [0.15, 0.2) is 95.4 Å². The van der Waals surface area contributed by atoms with Gasteiger partial charge in [-0.25, -0.2) is 4.98 Å². The molecule has 1 N–H and O–H groups in total. The highest BCUT2D eigenvalue weighted by Gasteiger charge is 2.36. The SMILES string of the molecule is CC(C)(C)C(O[SiH](c1ccccc1)c1ccccc1)c1oc(-c2ccccc2)nc1CO. The van der Waals surface area contributed by atoms with E-state index in [0.29, 0.717) is 17.3 Å². The molecule has 0 spiro atoms. The van der Waals surface area contributed by atoms with Gasteiger partial charge in [0, 0.05) is 5.56 Å². The number of oxazole rings is 1. The lowest BCUT2D eigenvalue weighted by molar-refractivity contribution is 0.0669. The minimum absolute atomic E-state index is 0.204. The summed E-state index contributed by atoms with van der Waals surface area (Å²) >= 11 is 0. The Labute approximate surface area is 191 Å². The molecule has 4 rings (SSSR count). The largest absolute Gasteiger partial charge is 0.438 e. The van der Waals surface area contributed by atoms with E-state index in [1.165, 1.54) is 10.4 Å². The van der Waals surface area contributed by atoms with Crippen LogP contribution in [-0.2, 0) is 11.0 Å². The summed E-state index contributed by atoms with van der Waals surface area (Å²) in [5, 5.41) is 12.5. The van der Waals surface area contributed by atoms with Crippen molar-refractivity contribution in [3.05, 3.63) is 102 Å². The van der Waals surface area contributed by atoms with E-state index in [0.717, 1.165) is 5.56 Å². The summed E-state index contributed by atoms with van der Waals surface area (Å²) in [6, 6.07) is 30.5. The Hall–Kier alpha value is -2.99. The van der Waals surface area contributed by atoms with Crippen molar-refractivity contribution in [1.29, 1.82) is 0 Å². The fourth-order valence-corrected chi connectivity index (χ4v) is 6.43. The molecule has 0 fully saturated rings. The lowest BCUT2D eigenvalue weighted by Crippen LogP contribution is -2.47. The molecule has 0 amide bonds. The van der Waals surface area contributed by atoms with Crippen LogP contribution >= 0.6 is 0 Å². The van der Waals surface area contributed by atoms with E-state index < -0.39 is 9.04 Å². The Morgan fingerprint density at radius 1 is 0.844 bits per heavy atom. The summed E-state index contributed by atoms with van der Waals surface area (Å²) in [7, 11) is -2.04. The standard InChI is InChI=1S/C27H29NO3Si/c1-27(2,3)25(24-23(19-29)28-26(30-24)20-13-7-4-8-14-20)31-32(21-15-9-5-10-16-21)22-17-11-6-12-18-22/h4-18,25,29,32H,19H2,1-3H3. The van der Waals surface area contributed by atoms with Gasteiger partial charge in [-0.15, -0.1) is 0 Å². The van der Waals surface area contributed by atoms with Crippen LogP contribution in [0.1, 0.15) is 38.3 Å². The zero-order valence-electron chi connectivity index (χ0n) is 18.7. The molecule has 32 heavy (non-hydrogen) atoms. The number of benzene rings is 3. The van der Waals surface area contributed by atoms with Crippen molar-refractivity contribution in [2.24, 2.45) is 5.41 Å². The number of rotatable bonds is 7. The molecule has 4 aromatic rings. The minimum Gasteiger partial charge on any atom is -0.438 e. The van der Waals surface area contributed by atoms with Gasteiger partial charge < -0.3 is 13.9 Å². The second-order valence-corrected chi connectivity index (χ2v) is 11.3. The number of nitrogens with zero attached hydrogens (tertiary/aromatic N) is 1. The first-order valence-electron chi connectivity index (χ1n) is 10.9. The Balaban J connectivity index is 1.78. The molecular formula is C27H29NO3Si. The molecule has 1 atom stereocenters. The van der Waals surface area contributed by atoms with Crippen LogP contribution in [0, 0.1) is 5.41 Å². The maximum atomic E-state index is 10.1. The van der Waals surface area contributed by atoms with Crippen molar-refractivity contribution in [1.82, 2.24) is 4.98 Å². The molecular weight excluding hydrogens is 414 g/mol. The van der Waals surface area contributed by atoms with Gasteiger partial charge in [0.15, 0.2) is 5.76 Å². The van der Waals surface area contributed by atoms with Gasteiger partial charge in [-0.1, -0.05) is 99.6 Å². The van der Waals surface area contributed by atoms with Crippen molar-refractivity contribution in [3.63, 3.8) is 0 Å². The van der Waals surface area contributed by atoms with E-state index in [1.807, 2.05) is 42.5 Å². The molecule has 0 radical (unpaired) electrons. The van der Waals surface area contributed by atoms with Crippen LogP contribution in [0.5, 0.6) is 0 Å². The minimum atomic E-state index is -2.04. The van der Waals surface area contributed by atoms with E-state index in [4.69, 9.17) is 8.84 Å². The second-order valence-electron chi connectivity index (χ2n) is 8.94. The van der Waals surface area contributed by atoms with E-state index in [1.54, 1.807) is 0 Å². The number of aliphatic hydroxyl groups excluding tert-OH is 1. The highest BCUT2D eigenvalue weighted by Crippen LogP contribution is 2.40. The summed E-state index contributed by atoms with van der Waals surface area (Å²) in [6.07, 6.45) is -0.369. The third-order valence-corrected chi connectivity index (χ3v) is 7.92. The molecule has 0 aliphatic rings. The first-order chi connectivity index (χ1) is 15.5.